The highest BCUT2D eigenvalue weighted by atomic mass is 35.5. The van der Waals surface area contributed by atoms with E-state index in [1.54, 1.807) is 0 Å². The number of nitrogens with one attached hydrogen (secondary N) is 1. The van der Waals surface area contributed by atoms with Gasteiger partial charge in [0.15, 0.2) is 0 Å². The van der Waals surface area contributed by atoms with Gasteiger partial charge in [0.2, 0.25) is 5.91 Å². The van der Waals surface area contributed by atoms with Crippen LogP contribution in [0.15, 0.2) is 0 Å². The molecule has 24 heavy (non-hydrogen) atoms. The minimum Gasteiger partial charge on any atom is -0.341 e. The van der Waals surface area contributed by atoms with E-state index < -0.39 is 0 Å². The standard InChI is InChI=1S/C17H32N4O2.ClH/c1-13(2)10-19-17(23)21-8-3-5-14(11-21)9-16(22)20-7-4-6-15(18)12-20;/h13-15H,3-12,18H2,1-2H3,(H,19,23);1H. The molecule has 2 unspecified atom stereocenters. The second-order valence-corrected chi connectivity index (χ2v) is 7.48. The van der Waals surface area contributed by atoms with Crippen molar-refractivity contribution in [3.05, 3.63) is 0 Å². The number of urea groups is 1. The normalized spacial score (nSPS) is 24.5. The van der Waals surface area contributed by atoms with Gasteiger partial charge in [0.05, 0.1) is 0 Å². The molecule has 6 nitrogen and oxygen atoms in total. The molecule has 0 aromatic rings. The molecule has 0 saturated carbocycles. The quantitative estimate of drug-likeness (QED) is 0.802. The topological polar surface area (TPSA) is 78.7 Å². The lowest BCUT2D eigenvalue weighted by Crippen LogP contribution is -2.49. The molecule has 2 aliphatic heterocycles. The molecular formula is C17H33ClN4O2. The maximum atomic E-state index is 12.5. The Morgan fingerprint density at radius 3 is 2.46 bits per heavy atom. The summed E-state index contributed by atoms with van der Waals surface area (Å²) in [6.07, 6.45) is 4.56. The predicted molar refractivity (Wildman–Crippen MR) is 98.2 cm³/mol. The lowest BCUT2D eigenvalue weighted by atomic mass is 9.93. The third-order valence-electron chi connectivity index (χ3n) is 4.74. The first-order valence-electron chi connectivity index (χ1n) is 9.02. The molecule has 2 atom stereocenters. The van der Waals surface area contributed by atoms with Crippen LogP contribution < -0.4 is 11.1 Å². The predicted octanol–water partition coefficient (Wildman–Crippen LogP) is 1.83. The van der Waals surface area contributed by atoms with Crippen LogP contribution in [-0.2, 0) is 4.79 Å². The molecular weight excluding hydrogens is 328 g/mol. The monoisotopic (exact) mass is 360 g/mol. The van der Waals surface area contributed by atoms with Gasteiger partial charge in [-0.1, -0.05) is 13.8 Å². The highest BCUT2D eigenvalue weighted by Gasteiger charge is 2.28. The average molecular weight is 361 g/mol. The van der Waals surface area contributed by atoms with Crippen LogP contribution in [0.25, 0.3) is 0 Å². The summed E-state index contributed by atoms with van der Waals surface area (Å²) in [6, 6.07) is 0.133. The van der Waals surface area contributed by atoms with Crippen LogP contribution in [-0.4, -0.2) is 60.5 Å². The van der Waals surface area contributed by atoms with Crippen molar-refractivity contribution in [1.29, 1.82) is 0 Å². The van der Waals surface area contributed by atoms with E-state index in [1.807, 2.05) is 9.80 Å². The molecule has 7 heteroatoms. The molecule has 140 valence electrons. The molecule has 0 aliphatic carbocycles. The van der Waals surface area contributed by atoms with E-state index in [0.29, 0.717) is 32.0 Å². The number of nitrogens with two attached hydrogens (primary N) is 1. The second-order valence-electron chi connectivity index (χ2n) is 7.48. The SMILES string of the molecule is CC(C)CNC(=O)N1CCCC(CC(=O)N2CCCC(N)C2)C1.Cl. The molecule has 2 aliphatic rings. The van der Waals surface area contributed by atoms with Crippen LogP contribution in [0.5, 0.6) is 0 Å². The number of carbonyl (C=O) groups is 2. The van der Waals surface area contributed by atoms with E-state index >= 15 is 0 Å². The van der Waals surface area contributed by atoms with Gasteiger partial charge in [0, 0.05) is 45.2 Å². The average Bonchev–Trinajstić information content (AvgIpc) is 2.52. The van der Waals surface area contributed by atoms with Gasteiger partial charge in [-0.2, -0.15) is 0 Å². The van der Waals surface area contributed by atoms with Crippen molar-refractivity contribution in [2.75, 3.05) is 32.7 Å². The highest BCUT2D eigenvalue weighted by Crippen LogP contribution is 2.21. The molecule has 2 heterocycles. The zero-order chi connectivity index (χ0) is 16.8. The van der Waals surface area contributed by atoms with Crippen molar-refractivity contribution in [3.63, 3.8) is 0 Å². The molecule has 0 aromatic heterocycles. The first-order valence-corrected chi connectivity index (χ1v) is 9.02. The van der Waals surface area contributed by atoms with Crippen LogP contribution in [0.4, 0.5) is 4.79 Å². The summed E-state index contributed by atoms with van der Waals surface area (Å²) in [4.78, 5) is 28.4. The van der Waals surface area contributed by atoms with E-state index in [0.717, 1.165) is 38.8 Å². The maximum absolute atomic E-state index is 12.5. The number of amides is 3. The Hall–Kier alpha value is -1.01. The molecule has 3 amide bonds. The Morgan fingerprint density at radius 2 is 1.79 bits per heavy atom. The number of rotatable bonds is 4. The van der Waals surface area contributed by atoms with Gasteiger partial charge >= 0.3 is 6.03 Å². The molecule has 2 saturated heterocycles. The Kier molecular flexibility index (Phi) is 8.84. The van der Waals surface area contributed by atoms with E-state index in [-0.39, 0.29) is 36.3 Å². The molecule has 2 rings (SSSR count). The molecule has 3 N–H and O–H groups in total. The summed E-state index contributed by atoms with van der Waals surface area (Å²) in [5.74, 6) is 0.929. The van der Waals surface area contributed by atoms with Gasteiger partial charge in [-0.05, 0) is 37.5 Å². The smallest absolute Gasteiger partial charge is 0.317 e. The number of hydrogen-bond acceptors (Lipinski definition) is 3. The van der Waals surface area contributed by atoms with Crippen LogP contribution in [0.1, 0.15) is 46.0 Å². The summed E-state index contributed by atoms with van der Waals surface area (Å²) in [5.41, 5.74) is 5.96. The molecule has 0 bridgehead atoms. The van der Waals surface area contributed by atoms with Crippen molar-refractivity contribution in [3.8, 4) is 0 Å². The van der Waals surface area contributed by atoms with E-state index in [2.05, 4.69) is 19.2 Å². The third kappa shape index (κ3) is 6.48. The van der Waals surface area contributed by atoms with Crippen LogP contribution in [0, 0.1) is 11.8 Å². The number of likely N-dealkylation sites (tertiary alicyclic amines) is 2. The first-order chi connectivity index (χ1) is 11.0. The largest absolute Gasteiger partial charge is 0.341 e. The Morgan fingerprint density at radius 1 is 1.12 bits per heavy atom. The van der Waals surface area contributed by atoms with Crippen molar-refractivity contribution in [2.45, 2.75) is 52.0 Å². The number of piperidine rings is 2. The molecule has 0 aromatic carbocycles. The van der Waals surface area contributed by atoms with Crippen LogP contribution in [0.3, 0.4) is 0 Å². The zero-order valence-corrected chi connectivity index (χ0v) is 15.8. The summed E-state index contributed by atoms with van der Waals surface area (Å²) in [6.45, 7) is 7.87. The number of hydrogen-bond donors (Lipinski definition) is 2. The molecule has 0 radical (unpaired) electrons. The number of carbonyl (C=O) groups excluding carboxylic acids is 2. The summed E-state index contributed by atoms with van der Waals surface area (Å²) >= 11 is 0. The van der Waals surface area contributed by atoms with Gasteiger partial charge in [0.1, 0.15) is 0 Å². The summed E-state index contributed by atoms with van der Waals surface area (Å²) in [7, 11) is 0. The second kappa shape index (κ2) is 10.1. The third-order valence-corrected chi connectivity index (χ3v) is 4.74. The van der Waals surface area contributed by atoms with E-state index in [4.69, 9.17) is 5.73 Å². The van der Waals surface area contributed by atoms with Gasteiger partial charge in [-0.15, -0.1) is 12.4 Å². The summed E-state index contributed by atoms with van der Waals surface area (Å²) in [5, 5.41) is 2.97. The minimum atomic E-state index is 0. The zero-order valence-electron chi connectivity index (χ0n) is 15.0. The fourth-order valence-corrected chi connectivity index (χ4v) is 3.43. The molecule has 2 fully saturated rings. The Balaban J connectivity index is 0.00000288. The lowest BCUT2D eigenvalue weighted by Gasteiger charge is -2.35. The van der Waals surface area contributed by atoms with E-state index in [1.165, 1.54) is 0 Å². The van der Waals surface area contributed by atoms with Crippen molar-refractivity contribution in [2.24, 2.45) is 17.6 Å². The van der Waals surface area contributed by atoms with Crippen LogP contribution >= 0.6 is 12.4 Å². The Bertz CT molecular complexity index is 419. The fraction of sp³-hybridized carbons (Fsp3) is 0.882. The van der Waals surface area contributed by atoms with Crippen molar-refractivity contribution in [1.82, 2.24) is 15.1 Å². The number of nitrogens with zero attached hydrogens (tertiary/aromatic N) is 2. The number of halogens is 1. The van der Waals surface area contributed by atoms with Gasteiger partial charge in [-0.3, -0.25) is 4.79 Å². The lowest BCUT2D eigenvalue weighted by molar-refractivity contribution is -0.133. The fourth-order valence-electron chi connectivity index (χ4n) is 3.43. The minimum absolute atomic E-state index is 0. The first kappa shape index (κ1) is 21.0. The van der Waals surface area contributed by atoms with Gasteiger partial charge in [0.25, 0.3) is 0 Å². The summed E-state index contributed by atoms with van der Waals surface area (Å²) < 4.78 is 0. The molecule has 0 spiro atoms. The van der Waals surface area contributed by atoms with E-state index in [9.17, 15) is 9.59 Å². The van der Waals surface area contributed by atoms with Crippen LogP contribution in [0.2, 0.25) is 0 Å². The highest BCUT2D eigenvalue weighted by molar-refractivity contribution is 5.85. The van der Waals surface area contributed by atoms with Gasteiger partial charge < -0.3 is 20.9 Å². The van der Waals surface area contributed by atoms with Crippen molar-refractivity contribution < 1.29 is 9.59 Å². The van der Waals surface area contributed by atoms with Crippen molar-refractivity contribution >= 4 is 24.3 Å². The maximum Gasteiger partial charge on any atom is 0.317 e. The van der Waals surface area contributed by atoms with Gasteiger partial charge in [-0.25, -0.2) is 4.79 Å². The Labute approximate surface area is 151 Å².